The molecule has 2 rings (SSSR count). The lowest BCUT2D eigenvalue weighted by Gasteiger charge is -2.18. The maximum absolute atomic E-state index is 13.3. The molecule has 2 nitrogen and oxygen atoms in total. The van der Waals surface area contributed by atoms with Crippen molar-refractivity contribution >= 4 is 11.6 Å². The Bertz CT molecular complexity index is 603. The molecule has 0 fully saturated rings. The number of likely N-dealkylation sites (N-methyl/N-ethyl adjacent to an activating group) is 1. The predicted octanol–water partition coefficient (Wildman–Crippen LogP) is 4.00. The fourth-order valence-electron chi connectivity index (χ4n) is 2.12. The number of hydrogen-bond acceptors (Lipinski definition) is 2. The summed E-state index contributed by atoms with van der Waals surface area (Å²) in [5.74, 6) is 0.528. The lowest BCUT2D eigenvalue weighted by atomic mass is 10.0. The lowest BCUT2D eigenvalue weighted by molar-refractivity contribution is 0.269. The van der Waals surface area contributed by atoms with Crippen molar-refractivity contribution < 1.29 is 9.13 Å². The quantitative estimate of drug-likeness (QED) is 0.871. The first-order valence-electron chi connectivity index (χ1n) is 6.89. The summed E-state index contributed by atoms with van der Waals surface area (Å²) in [4.78, 5) is 0. The van der Waals surface area contributed by atoms with E-state index in [1.165, 1.54) is 6.07 Å². The first kappa shape index (κ1) is 15.8. The molecule has 0 amide bonds. The molecule has 0 radical (unpaired) electrons. The van der Waals surface area contributed by atoms with Crippen LogP contribution in [-0.2, 0) is 6.42 Å². The lowest BCUT2D eigenvalue weighted by Crippen LogP contribution is -2.34. The van der Waals surface area contributed by atoms with Gasteiger partial charge in [0.2, 0.25) is 0 Å². The van der Waals surface area contributed by atoms with Crippen LogP contribution in [0.5, 0.6) is 5.75 Å². The smallest absolute Gasteiger partial charge is 0.123 e. The van der Waals surface area contributed by atoms with Gasteiger partial charge in [0.05, 0.1) is 0 Å². The first-order valence-corrected chi connectivity index (χ1v) is 7.27. The second-order valence-corrected chi connectivity index (χ2v) is 5.47. The highest BCUT2D eigenvalue weighted by molar-refractivity contribution is 6.30. The van der Waals surface area contributed by atoms with Gasteiger partial charge in [-0.05, 0) is 61.9 Å². The van der Waals surface area contributed by atoms with Gasteiger partial charge in [0, 0.05) is 11.1 Å². The molecule has 0 aliphatic heterocycles. The van der Waals surface area contributed by atoms with Crippen molar-refractivity contribution in [2.75, 3.05) is 13.7 Å². The average Bonchev–Trinajstić information content (AvgIpc) is 2.47. The van der Waals surface area contributed by atoms with E-state index in [9.17, 15) is 4.39 Å². The molecule has 112 valence electrons. The number of halogens is 2. The highest BCUT2D eigenvalue weighted by Crippen LogP contribution is 2.18. The Hall–Kier alpha value is -1.58. The number of ether oxygens (including phenoxy) is 1. The molecule has 2 aromatic carbocycles. The third-order valence-electron chi connectivity index (χ3n) is 3.43. The topological polar surface area (TPSA) is 21.3 Å². The van der Waals surface area contributed by atoms with Crippen molar-refractivity contribution in [3.05, 3.63) is 64.4 Å². The normalized spacial score (nSPS) is 12.2. The Kier molecular flexibility index (Phi) is 5.59. The third-order valence-corrected chi connectivity index (χ3v) is 3.67. The predicted molar refractivity (Wildman–Crippen MR) is 84.6 cm³/mol. The van der Waals surface area contributed by atoms with Crippen molar-refractivity contribution in [2.45, 2.75) is 19.4 Å². The maximum atomic E-state index is 13.3. The molecule has 0 saturated carbocycles. The van der Waals surface area contributed by atoms with E-state index in [1.54, 1.807) is 24.3 Å². The fourth-order valence-corrected chi connectivity index (χ4v) is 2.30. The van der Waals surface area contributed by atoms with Gasteiger partial charge in [-0.25, -0.2) is 4.39 Å². The summed E-state index contributed by atoms with van der Waals surface area (Å²) in [6.45, 7) is 2.48. The molecule has 0 heterocycles. The van der Waals surface area contributed by atoms with E-state index in [2.05, 4.69) is 5.32 Å². The first-order chi connectivity index (χ1) is 10.1. The van der Waals surface area contributed by atoms with Crippen LogP contribution < -0.4 is 10.1 Å². The Morgan fingerprint density at radius 3 is 2.76 bits per heavy atom. The van der Waals surface area contributed by atoms with E-state index in [1.807, 2.05) is 26.1 Å². The van der Waals surface area contributed by atoms with Crippen molar-refractivity contribution in [1.82, 2.24) is 5.32 Å². The summed E-state index contributed by atoms with van der Waals surface area (Å²) >= 11 is 5.92. The van der Waals surface area contributed by atoms with Gasteiger partial charge < -0.3 is 10.1 Å². The van der Waals surface area contributed by atoms with E-state index >= 15 is 0 Å². The van der Waals surface area contributed by atoms with Crippen molar-refractivity contribution in [1.29, 1.82) is 0 Å². The Morgan fingerprint density at radius 2 is 2.05 bits per heavy atom. The van der Waals surface area contributed by atoms with Gasteiger partial charge in [0.1, 0.15) is 18.2 Å². The molecule has 1 N–H and O–H groups in total. The van der Waals surface area contributed by atoms with Gasteiger partial charge in [-0.3, -0.25) is 0 Å². The molecule has 0 bridgehead atoms. The largest absolute Gasteiger partial charge is 0.492 e. The van der Waals surface area contributed by atoms with Crippen LogP contribution in [0.2, 0.25) is 5.02 Å². The molecule has 21 heavy (non-hydrogen) atoms. The zero-order valence-electron chi connectivity index (χ0n) is 12.2. The molecule has 0 saturated heterocycles. The van der Waals surface area contributed by atoms with Crippen molar-refractivity contribution in [3.8, 4) is 5.75 Å². The van der Waals surface area contributed by atoms with Crippen LogP contribution in [0.15, 0.2) is 42.5 Å². The molecule has 0 aliphatic carbocycles. The van der Waals surface area contributed by atoms with Gasteiger partial charge in [0.15, 0.2) is 0 Å². The molecule has 4 heteroatoms. The molecule has 1 unspecified atom stereocenters. The Balaban J connectivity index is 1.98. The van der Waals surface area contributed by atoms with Gasteiger partial charge in [-0.15, -0.1) is 0 Å². The van der Waals surface area contributed by atoms with E-state index in [4.69, 9.17) is 16.3 Å². The average molecular weight is 308 g/mol. The summed E-state index contributed by atoms with van der Waals surface area (Å²) in [5, 5.41) is 3.85. The minimum atomic E-state index is -0.207. The van der Waals surface area contributed by atoms with Gasteiger partial charge in [0.25, 0.3) is 0 Å². The number of nitrogens with one attached hydrogen (secondary N) is 1. The fraction of sp³-hybridized carbons (Fsp3) is 0.294. The van der Waals surface area contributed by atoms with Gasteiger partial charge >= 0.3 is 0 Å². The van der Waals surface area contributed by atoms with Crippen LogP contribution in [0.3, 0.4) is 0 Å². The molecule has 2 aromatic rings. The molecule has 1 atom stereocenters. The summed E-state index contributed by atoms with van der Waals surface area (Å²) < 4.78 is 19.1. The van der Waals surface area contributed by atoms with Crippen LogP contribution in [0, 0.1) is 12.7 Å². The summed E-state index contributed by atoms with van der Waals surface area (Å²) in [6, 6.07) is 12.3. The van der Waals surface area contributed by atoms with Gasteiger partial charge in [-0.1, -0.05) is 23.7 Å². The second-order valence-electron chi connectivity index (χ2n) is 5.03. The van der Waals surface area contributed by atoms with E-state index in [0.717, 1.165) is 16.9 Å². The van der Waals surface area contributed by atoms with Crippen LogP contribution in [-0.4, -0.2) is 19.7 Å². The second kappa shape index (κ2) is 7.43. The standard InChI is InChI=1S/C17H19ClFNO/c1-12-6-7-15(19)8-13(12)9-16(20-2)11-21-17-5-3-4-14(18)10-17/h3-8,10,16,20H,9,11H2,1-2H3. The number of rotatable bonds is 6. The van der Waals surface area contributed by atoms with Crippen LogP contribution in [0.4, 0.5) is 4.39 Å². The van der Waals surface area contributed by atoms with E-state index in [-0.39, 0.29) is 11.9 Å². The number of aryl methyl sites for hydroxylation is 1. The maximum Gasteiger partial charge on any atom is 0.123 e. The third kappa shape index (κ3) is 4.73. The summed E-state index contributed by atoms with van der Waals surface area (Å²) in [7, 11) is 1.88. The minimum absolute atomic E-state index is 0.101. The number of benzene rings is 2. The monoisotopic (exact) mass is 307 g/mol. The highest BCUT2D eigenvalue weighted by atomic mass is 35.5. The zero-order chi connectivity index (χ0) is 15.2. The van der Waals surface area contributed by atoms with Crippen LogP contribution >= 0.6 is 11.6 Å². The Labute approximate surface area is 129 Å². The number of hydrogen-bond donors (Lipinski definition) is 1. The van der Waals surface area contributed by atoms with Crippen molar-refractivity contribution in [2.24, 2.45) is 0 Å². The van der Waals surface area contributed by atoms with Crippen molar-refractivity contribution in [3.63, 3.8) is 0 Å². The highest BCUT2D eigenvalue weighted by Gasteiger charge is 2.11. The summed E-state index contributed by atoms with van der Waals surface area (Å²) in [5.41, 5.74) is 2.07. The molecular formula is C17H19ClFNO. The molecule has 0 aromatic heterocycles. The summed E-state index contributed by atoms with van der Waals surface area (Å²) in [6.07, 6.45) is 0.709. The molecule has 0 spiro atoms. The Morgan fingerprint density at radius 1 is 1.24 bits per heavy atom. The van der Waals surface area contributed by atoms with Gasteiger partial charge in [-0.2, -0.15) is 0 Å². The zero-order valence-corrected chi connectivity index (χ0v) is 13.0. The molecular weight excluding hydrogens is 289 g/mol. The van der Waals surface area contributed by atoms with E-state index < -0.39 is 0 Å². The van der Waals surface area contributed by atoms with Crippen LogP contribution in [0.25, 0.3) is 0 Å². The SMILES string of the molecule is CNC(COc1cccc(Cl)c1)Cc1cc(F)ccc1C. The molecule has 0 aliphatic rings. The van der Waals surface area contributed by atoms with E-state index in [0.29, 0.717) is 18.1 Å². The van der Waals surface area contributed by atoms with Crippen LogP contribution in [0.1, 0.15) is 11.1 Å². The minimum Gasteiger partial charge on any atom is -0.492 e.